The van der Waals surface area contributed by atoms with E-state index in [4.69, 9.17) is 14.7 Å². The second-order valence-corrected chi connectivity index (χ2v) is 6.41. The van der Waals surface area contributed by atoms with Crippen LogP contribution in [0.1, 0.15) is 12.0 Å². The summed E-state index contributed by atoms with van der Waals surface area (Å²) in [7, 11) is 1.60. The van der Waals surface area contributed by atoms with Gasteiger partial charge in [0.25, 0.3) is 0 Å². The van der Waals surface area contributed by atoms with Gasteiger partial charge < -0.3 is 20.1 Å². The van der Waals surface area contributed by atoms with Crippen molar-refractivity contribution in [1.29, 1.82) is 5.26 Å². The summed E-state index contributed by atoms with van der Waals surface area (Å²) in [6, 6.07) is 16.0. The van der Waals surface area contributed by atoms with Crippen molar-refractivity contribution in [1.82, 2.24) is 5.32 Å². The average Bonchev–Trinajstić information content (AvgIpc) is 3.53. The minimum Gasteiger partial charge on any atom is -0.497 e. The summed E-state index contributed by atoms with van der Waals surface area (Å²) in [5, 5.41) is 14.6. The van der Waals surface area contributed by atoms with Gasteiger partial charge in [0.1, 0.15) is 24.2 Å². The highest BCUT2D eigenvalue weighted by molar-refractivity contribution is 6.00. The van der Waals surface area contributed by atoms with Crippen molar-refractivity contribution in [3.63, 3.8) is 0 Å². The van der Waals surface area contributed by atoms with E-state index in [9.17, 15) is 9.59 Å². The normalized spacial score (nSPS) is 17.1. The average molecular weight is 379 g/mol. The third-order valence-electron chi connectivity index (χ3n) is 4.50. The Labute approximate surface area is 163 Å². The molecule has 3 rings (SSSR count). The number of hydrogen-bond acceptors (Lipinski definition) is 5. The van der Waals surface area contributed by atoms with Crippen molar-refractivity contribution in [2.24, 2.45) is 11.8 Å². The maximum atomic E-state index is 12.3. The first-order valence-corrected chi connectivity index (χ1v) is 8.97. The highest BCUT2D eigenvalue weighted by atomic mass is 16.5. The Balaban J connectivity index is 1.39. The monoisotopic (exact) mass is 379 g/mol. The molecule has 0 heterocycles. The summed E-state index contributed by atoms with van der Waals surface area (Å²) in [5.74, 6) is 0.333. The molecule has 0 saturated heterocycles. The van der Waals surface area contributed by atoms with Gasteiger partial charge in [0.05, 0.1) is 36.7 Å². The Kier molecular flexibility index (Phi) is 6.12. The molecule has 0 spiro atoms. The van der Waals surface area contributed by atoms with E-state index < -0.39 is 0 Å². The molecular weight excluding hydrogens is 358 g/mol. The number of carbonyl (C=O) groups is 2. The highest BCUT2D eigenvalue weighted by Crippen LogP contribution is 2.39. The molecule has 1 fully saturated rings. The smallest absolute Gasteiger partial charge is 0.228 e. The van der Waals surface area contributed by atoms with E-state index in [-0.39, 0.29) is 23.7 Å². The van der Waals surface area contributed by atoms with E-state index >= 15 is 0 Å². The van der Waals surface area contributed by atoms with Gasteiger partial charge in [-0.2, -0.15) is 5.26 Å². The molecule has 1 aliphatic carbocycles. The Morgan fingerprint density at radius 2 is 1.75 bits per heavy atom. The summed E-state index contributed by atoms with van der Waals surface area (Å²) < 4.78 is 10.6. The summed E-state index contributed by atoms with van der Waals surface area (Å²) in [6.45, 7) is 0.685. The lowest BCUT2D eigenvalue weighted by atomic mass is 10.2. The van der Waals surface area contributed by atoms with Crippen LogP contribution in [0.2, 0.25) is 0 Å². The van der Waals surface area contributed by atoms with Gasteiger partial charge in [0.15, 0.2) is 0 Å². The van der Waals surface area contributed by atoms with Crippen LogP contribution in [0.25, 0.3) is 0 Å². The second-order valence-electron chi connectivity index (χ2n) is 6.41. The first-order chi connectivity index (χ1) is 13.6. The lowest BCUT2D eigenvalue weighted by Crippen LogP contribution is -2.31. The lowest BCUT2D eigenvalue weighted by molar-refractivity contribution is -0.125. The van der Waals surface area contributed by atoms with Gasteiger partial charge in [-0.25, -0.2) is 0 Å². The van der Waals surface area contributed by atoms with Gasteiger partial charge >= 0.3 is 0 Å². The van der Waals surface area contributed by atoms with Crippen LogP contribution in [0.15, 0.2) is 48.5 Å². The fourth-order valence-corrected chi connectivity index (χ4v) is 2.84. The summed E-state index contributed by atoms with van der Waals surface area (Å²) in [5.41, 5.74) is 0.863. The molecular formula is C21H21N3O4. The molecule has 1 aliphatic rings. The zero-order valence-corrected chi connectivity index (χ0v) is 15.5. The van der Waals surface area contributed by atoms with Gasteiger partial charge in [0.2, 0.25) is 11.8 Å². The van der Waals surface area contributed by atoms with Crippen molar-refractivity contribution < 1.29 is 19.1 Å². The Bertz CT molecular complexity index is 889. The van der Waals surface area contributed by atoms with Crippen LogP contribution in [0, 0.1) is 23.2 Å². The van der Waals surface area contributed by atoms with E-state index in [0.29, 0.717) is 36.6 Å². The van der Waals surface area contributed by atoms with Crippen molar-refractivity contribution >= 4 is 17.5 Å². The number of nitrogens with one attached hydrogen (secondary N) is 2. The molecule has 2 aromatic carbocycles. The SMILES string of the molecule is COc1ccc(OCCNC(=O)C2CC2C(=O)Nc2ccccc2C#N)cc1. The van der Waals surface area contributed by atoms with E-state index in [1.54, 1.807) is 55.6 Å². The summed E-state index contributed by atoms with van der Waals surface area (Å²) in [4.78, 5) is 24.5. The molecule has 2 unspecified atom stereocenters. The fraction of sp³-hybridized carbons (Fsp3) is 0.286. The third-order valence-corrected chi connectivity index (χ3v) is 4.50. The summed E-state index contributed by atoms with van der Waals surface area (Å²) in [6.07, 6.45) is 0.506. The Morgan fingerprint density at radius 1 is 1.07 bits per heavy atom. The van der Waals surface area contributed by atoms with Crippen molar-refractivity contribution in [2.75, 3.05) is 25.6 Å². The van der Waals surface area contributed by atoms with Gasteiger partial charge in [-0.15, -0.1) is 0 Å². The van der Waals surface area contributed by atoms with Crippen LogP contribution in [0.3, 0.4) is 0 Å². The van der Waals surface area contributed by atoms with Crippen LogP contribution in [-0.2, 0) is 9.59 Å². The van der Waals surface area contributed by atoms with Crippen LogP contribution >= 0.6 is 0 Å². The molecule has 2 amide bonds. The molecule has 2 aromatic rings. The molecule has 0 bridgehead atoms. The first kappa shape index (κ1) is 19.2. The number of rotatable bonds is 8. The number of amides is 2. The number of nitrogens with zero attached hydrogens (tertiary/aromatic N) is 1. The quantitative estimate of drug-likeness (QED) is 0.686. The number of hydrogen-bond donors (Lipinski definition) is 2. The number of nitriles is 1. The third kappa shape index (κ3) is 4.80. The molecule has 0 aliphatic heterocycles. The van der Waals surface area contributed by atoms with Crippen molar-refractivity contribution in [2.45, 2.75) is 6.42 Å². The van der Waals surface area contributed by atoms with Crippen LogP contribution in [0.4, 0.5) is 5.69 Å². The molecule has 0 radical (unpaired) electrons. The Hall–Kier alpha value is -3.53. The molecule has 7 heteroatoms. The standard InChI is InChI=1S/C21H21N3O4/c1-27-15-6-8-16(9-7-15)28-11-10-23-20(25)17-12-18(17)21(26)24-19-5-3-2-4-14(19)13-22/h2-9,17-18H,10-12H2,1H3,(H,23,25)(H,24,26). The number of benzene rings is 2. The minimum atomic E-state index is -0.366. The zero-order chi connectivity index (χ0) is 19.9. The highest BCUT2D eigenvalue weighted by Gasteiger charge is 2.48. The van der Waals surface area contributed by atoms with E-state index in [1.165, 1.54) is 0 Å². The zero-order valence-electron chi connectivity index (χ0n) is 15.5. The lowest BCUT2D eigenvalue weighted by Gasteiger charge is -2.09. The second kappa shape index (κ2) is 8.91. The Morgan fingerprint density at radius 3 is 2.46 bits per heavy atom. The maximum Gasteiger partial charge on any atom is 0.228 e. The number of methoxy groups -OCH3 is 1. The minimum absolute atomic E-state index is 0.160. The molecule has 28 heavy (non-hydrogen) atoms. The van der Waals surface area contributed by atoms with Crippen LogP contribution in [-0.4, -0.2) is 32.1 Å². The predicted molar refractivity (Wildman–Crippen MR) is 103 cm³/mol. The molecule has 2 N–H and O–H groups in total. The van der Waals surface area contributed by atoms with Crippen molar-refractivity contribution in [3.8, 4) is 17.6 Å². The number of carbonyl (C=O) groups excluding carboxylic acids is 2. The van der Waals surface area contributed by atoms with Gasteiger partial charge in [-0.05, 0) is 42.8 Å². The molecule has 0 aromatic heterocycles. The first-order valence-electron chi connectivity index (χ1n) is 8.97. The molecule has 2 atom stereocenters. The summed E-state index contributed by atoms with van der Waals surface area (Å²) >= 11 is 0. The van der Waals surface area contributed by atoms with Crippen LogP contribution < -0.4 is 20.1 Å². The van der Waals surface area contributed by atoms with E-state index in [1.807, 2.05) is 6.07 Å². The molecule has 1 saturated carbocycles. The fourth-order valence-electron chi connectivity index (χ4n) is 2.84. The van der Waals surface area contributed by atoms with Crippen LogP contribution in [0.5, 0.6) is 11.5 Å². The number of anilines is 1. The predicted octanol–water partition coefficient (Wildman–Crippen LogP) is 2.34. The number of ether oxygens (including phenoxy) is 2. The maximum absolute atomic E-state index is 12.3. The largest absolute Gasteiger partial charge is 0.497 e. The van der Waals surface area contributed by atoms with E-state index in [0.717, 1.165) is 5.75 Å². The molecule has 144 valence electrons. The van der Waals surface area contributed by atoms with Gasteiger partial charge in [-0.1, -0.05) is 12.1 Å². The van der Waals surface area contributed by atoms with Gasteiger partial charge in [0, 0.05) is 0 Å². The van der Waals surface area contributed by atoms with E-state index in [2.05, 4.69) is 10.6 Å². The molecule has 7 nitrogen and oxygen atoms in total. The topological polar surface area (TPSA) is 100 Å². The number of para-hydroxylation sites is 1. The van der Waals surface area contributed by atoms with Crippen molar-refractivity contribution in [3.05, 3.63) is 54.1 Å². The van der Waals surface area contributed by atoms with Gasteiger partial charge in [-0.3, -0.25) is 9.59 Å².